The van der Waals surface area contributed by atoms with Crippen molar-refractivity contribution in [2.45, 2.75) is 42.8 Å². The summed E-state index contributed by atoms with van der Waals surface area (Å²) in [7, 11) is 3.77. The molecular weight excluding hydrogens is 242 g/mol. The zero-order chi connectivity index (χ0) is 12.7. The van der Waals surface area contributed by atoms with E-state index in [1.54, 1.807) is 6.92 Å². The summed E-state index contributed by atoms with van der Waals surface area (Å²) in [6.45, 7) is 1.76. The average molecular weight is 261 g/mol. The number of aliphatic hydroxyl groups is 2. The molecule has 0 radical (unpaired) electrons. The highest BCUT2D eigenvalue weighted by atomic mass is 32.2. The Labute approximate surface area is 105 Å². The number of ether oxygens (including phenoxy) is 1. The first-order chi connectivity index (χ1) is 7.91. The van der Waals surface area contributed by atoms with E-state index in [4.69, 9.17) is 10.5 Å². The molecule has 0 bridgehead atoms. The lowest BCUT2D eigenvalue weighted by Gasteiger charge is -2.39. The van der Waals surface area contributed by atoms with Gasteiger partial charge in [0, 0.05) is 20.1 Å². The Kier molecular flexibility index (Phi) is 3.65. The molecule has 0 aliphatic carbocycles. The molecule has 0 aromatic heterocycles. The number of hydrogen-bond acceptors (Lipinski definition) is 7. The fraction of sp³-hybridized carbons (Fsp3) is 0.900. The lowest BCUT2D eigenvalue weighted by molar-refractivity contribution is -0.157. The Morgan fingerprint density at radius 2 is 2.06 bits per heavy atom. The molecule has 4 N–H and O–H groups in total. The molecule has 2 aliphatic rings. The van der Waals surface area contributed by atoms with Gasteiger partial charge in [-0.2, -0.15) is 0 Å². The van der Waals surface area contributed by atoms with E-state index in [1.807, 2.05) is 19.0 Å². The van der Waals surface area contributed by atoms with Gasteiger partial charge in [-0.25, -0.2) is 0 Å². The number of amidine groups is 1. The number of fused-ring (bicyclic) bond motifs is 1. The zero-order valence-electron chi connectivity index (χ0n) is 10.1. The molecule has 1 unspecified atom stereocenters. The normalized spacial score (nSPS) is 42.9. The molecule has 0 saturated carbocycles. The third-order valence-corrected chi connectivity index (χ3v) is 4.29. The Balaban J connectivity index is 2.15. The summed E-state index contributed by atoms with van der Waals surface area (Å²) in [6.07, 6.45) is -2.45. The summed E-state index contributed by atoms with van der Waals surface area (Å²) in [5.74, 6) is 0. The van der Waals surface area contributed by atoms with Gasteiger partial charge in [0.05, 0.1) is 0 Å². The van der Waals surface area contributed by atoms with Crippen molar-refractivity contribution in [2.75, 3.05) is 14.1 Å². The molecule has 7 heteroatoms. The van der Waals surface area contributed by atoms with Gasteiger partial charge in [0.2, 0.25) is 0 Å². The highest BCUT2D eigenvalue weighted by molar-refractivity contribution is 8.14. The topological polar surface area (TPSA) is 91.3 Å². The highest BCUT2D eigenvalue weighted by Gasteiger charge is 2.49. The van der Waals surface area contributed by atoms with E-state index in [-0.39, 0.29) is 11.5 Å². The van der Waals surface area contributed by atoms with Crippen LogP contribution in [0.15, 0.2) is 4.99 Å². The van der Waals surface area contributed by atoms with Crippen molar-refractivity contribution in [1.82, 2.24) is 4.90 Å². The second kappa shape index (κ2) is 4.74. The Bertz CT molecular complexity index is 324. The summed E-state index contributed by atoms with van der Waals surface area (Å²) in [5.41, 5.74) is 5.48. The predicted molar refractivity (Wildman–Crippen MR) is 66.8 cm³/mol. The zero-order valence-corrected chi connectivity index (χ0v) is 11.0. The van der Waals surface area contributed by atoms with Crippen LogP contribution in [-0.4, -0.2) is 70.2 Å². The minimum atomic E-state index is -0.984. The standard InChI is InChI=1S/C10H19N3O3S/c1-4(11)8-7(15)6(14)5-9(16-8)17-10(12-5)13(2)3/h4-9,14-15H,11H2,1-3H3/t4-,5-,6-,7+,8?,9-/m1/s1. The minimum absolute atomic E-state index is 0.262. The summed E-state index contributed by atoms with van der Waals surface area (Å²) in [4.78, 5) is 6.23. The van der Waals surface area contributed by atoms with Gasteiger partial charge < -0.3 is 25.6 Å². The van der Waals surface area contributed by atoms with Crippen LogP contribution in [-0.2, 0) is 4.74 Å². The highest BCUT2D eigenvalue weighted by Crippen LogP contribution is 2.37. The first-order valence-electron chi connectivity index (χ1n) is 5.60. The third-order valence-electron chi connectivity index (χ3n) is 2.99. The van der Waals surface area contributed by atoms with E-state index in [0.717, 1.165) is 5.17 Å². The summed E-state index contributed by atoms with van der Waals surface area (Å²) in [5, 5.41) is 20.8. The molecule has 1 saturated heterocycles. The van der Waals surface area contributed by atoms with E-state index >= 15 is 0 Å². The molecule has 2 rings (SSSR count). The Morgan fingerprint density at radius 1 is 1.41 bits per heavy atom. The second-order valence-corrected chi connectivity index (χ2v) is 5.79. The Hall–Kier alpha value is -0.340. The van der Waals surface area contributed by atoms with Crippen molar-refractivity contribution < 1.29 is 14.9 Å². The molecule has 2 aliphatic heterocycles. The van der Waals surface area contributed by atoms with Gasteiger partial charge in [-0.05, 0) is 6.92 Å². The van der Waals surface area contributed by atoms with Crippen LogP contribution in [0.4, 0.5) is 0 Å². The van der Waals surface area contributed by atoms with E-state index in [0.29, 0.717) is 0 Å². The molecule has 98 valence electrons. The fourth-order valence-electron chi connectivity index (χ4n) is 2.03. The first kappa shape index (κ1) is 13.1. The maximum atomic E-state index is 10.0. The number of thioether (sulfide) groups is 1. The van der Waals surface area contributed by atoms with Crippen LogP contribution in [0.25, 0.3) is 0 Å². The van der Waals surface area contributed by atoms with E-state index in [1.165, 1.54) is 11.8 Å². The van der Waals surface area contributed by atoms with Crippen molar-refractivity contribution in [3.05, 3.63) is 0 Å². The van der Waals surface area contributed by atoms with Crippen molar-refractivity contribution in [3.8, 4) is 0 Å². The molecule has 2 heterocycles. The molecule has 0 spiro atoms. The van der Waals surface area contributed by atoms with Crippen LogP contribution in [0, 0.1) is 0 Å². The maximum absolute atomic E-state index is 10.0. The van der Waals surface area contributed by atoms with Gasteiger partial charge in [0.25, 0.3) is 0 Å². The quantitative estimate of drug-likeness (QED) is 0.550. The largest absolute Gasteiger partial charge is 0.388 e. The van der Waals surface area contributed by atoms with Crippen LogP contribution in [0.1, 0.15) is 6.92 Å². The smallest absolute Gasteiger partial charge is 0.161 e. The van der Waals surface area contributed by atoms with Crippen LogP contribution in [0.3, 0.4) is 0 Å². The van der Waals surface area contributed by atoms with Gasteiger partial charge >= 0.3 is 0 Å². The summed E-state index contributed by atoms with van der Waals surface area (Å²) >= 11 is 1.46. The molecule has 6 atom stereocenters. The van der Waals surface area contributed by atoms with Gasteiger partial charge in [0.1, 0.15) is 29.8 Å². The number of nitrogens with two attached hydrogens (primary N) is 1. The molecule has 0 aromatic carbocycles. The van der Waals surface area contributed by atoms with Crippen LogP contribution in [0.2, 0.25) is 0 Å². The fourth-order valence-corrected chi connectivity index (χ4v) is 3.17. The predicted octanol–water partition coefficient (Wildman–Crippen LogP) is -1.19. The maximum Gasteiger partial charge on any atom is 0.161 e. The number of aliphatic hydroxyl groups excluding tert-OH is 2. The lowest BCUT2D eigenvalue weighted by Crippen LogP contribution is -2.59. The number of aliphatic imine (C=N–C) groups is 1. The Morgan fingerprint density at radius 3 is 2.59 bits per heavy atom. The second-order valence-electron chi connectivity index (χ2n) is 4.72. The average Bonchev–Trinajstić information content (AvgIpc) is 2.67. The van der Waals surface area contributed by atoms with E-state index < -0.39 is 24.4 Å². The van der Waals surface area contributed by atoms with Gasteiger partial charge in [0.15, 0.2) is 5.17 Å². The van der Waals surface area contributed by atoms with Crippen LogP contribution in [0.5, 0.6) is 0 Å². The molecule has 0 aromatic rings. The van der Waals surface area contributed by atoms with E-state index in [2.05, 4.69) is 4.99 Å². The number of hydrogen-bond donors (Lipinski definition) is 3. The van der Waals surface area contributed by atoms with Gasteiger partial charge in [-0.3, -0.25) is 4.99 Å². The minimum Gasteiger partial charge on any atom is -0.388 e. The molecule has 6 nitrogen and oxygen atoms in total. The van der Waals surface area contributed by atoms with Crippen LogP contribution >= 0.6 is 11.8 Å². The number of rotatable bonds is 1. The summed E-state index contributed by atoms with van der Waals surface area (Å²) < 4.78 is 5.72. The van der Waals surface area contributed by atoms with Crippen molar-refractivity contribution >= 4 is 16.9 Å². The van der Waals surface area contributed by atoms with Gasteiger partial charge in [-0.15, -0.1) is 0 Å². The SMILES string of the molecule is C[C@@H](N)C1O[C@@H]2SC(N(C)C)=N[C@@H]2[C@@H](O)[C@@H]1O. The molecular formula is C10H19N3O3S. The monoisotopic (exact) mass is 261 g/mol. The molecule has 0 amide bonds. The third kappa shape index (κ3) is 2.30. The van der Waals surface area contributed by atoms with Crippen LogP contribution < -0.4 is 5.73 Å². The molecule has 17 heavy (non-hydrogen) atoms. The van der Waals surface area contributed by atoms with Crippen molar-refractivity contribution in [2.24, 2.45) is 10.7 Å². The van der Waals surface area contributed by atoms with Gasteiger partial charge in [-0.1, -0.05) is 11.8 Å². The lowest BCUT2D eigenvalue weighted by atomic mass is 9.95. The van der Waals surface area contributed by atoms with Crippen molar-refractivity contribution in [1.29, 1.82) is 0 Å². The molecule has 1 fully saturated rings. The first-order valence-corrected chi connectivity index (χ1v) is 6.48. The summed E-state index contributed by atoms with van der Waals surface area (Å²) in [6, 6.07) is -0.744. The van der Waals surface area contributed by atoms with E-state index in [9.17, 15) is 10.2 Å². The van der Waals surface area contributed by atoms with Crippen molar-refractivity contribution in [3.63, 3.8) is 0 Å². The number of nitrogens with zero attached hydrogens (tertiary/aromatic N) is 2.